The van der Waals surface area contributed by atoms with Crippen LogP contribution in [0.4, 0.5) is 5.69 Å². The molecule has 3 nitrogen and oxygen atoms in total. The lowest BCUT2D eigenvalue weighted by atomic mass is 10.1. The van der Waals surface area contributed by atoms with Crippen molar-refractivity contribution in [2.24, 2.45) is 0 Å². The van der Waals surface area contributed by atoms with Gasteiger partial charge in [-0.1, -0.05) is 24.6 Å². The van der Waals surface area contributed by atoms with Gasteiger partial charge in [-0.15, -0.1) is 0 Å². The van der Waals surface area contributed by atoms with Gasteiger partial charge in [0, 0.05) is 19.1 Å². The number of morpholine rings is 1. The molecule has 1 N–H and O–H groups in total. The summed E-state index contributed by atoms with van der Waals surface area (Å²) in [7, 11) is 0. The van der Waals surface area contributed by atoms with E-state index >= 15 is 0 Å². The minimum atomic E-state index is 0.264. The van der Waals surface area contributed by atoms with Crippen LogP contribution in [0.1, 0.15) is 38.7 Å². The SMILES string of the molecule is CCC1COC(C)CN1c1ccc(CNC2CC2)cc1Cl. The van der Waals surface area contributed by atoms with Gasteiger partial charge in [-0.3, -0.25) is 0 Å². The van der Waals surface area contributed by atoms with E-state index in [-0.39, 0.29) is 6.10 Å². The number of nitrogens with zero attached hydrogens (tertiary/aromatic N) is 1. The van der Waals surface area contributed by atoms with Crippen LogP contribution in [-0.4, -0.2) is 31.3 Å². The molecular weight excluding hydrogens is 284 g/mol. The molecule has 0 amide bonds. The van der Waals surface area contributed by atoms with Crippen LogP contribution in [0, 0.1) is 0 Å². The summed E-state index contributed by atoms with van der Waals surface area (Å²) >= 11 is 6.55. The second kappa shape index (κ2) is 6.55. The zero-order chi connectivity index (χ0) is 14.8. The molecule has 3 rings (SSSR count). The molecule has 116 valence electrons. The quantitative estimate of drug-likeness (QED) is 0.899. The van der Waals surface area contributed by atoms with Crippen LogP contribution in [0.15, 0.2) is 18.2 Å². The molecule has 2 aliphatic rings. The lowest BCUT2D eigenvalue weighted by Crippen LogP contribution is -2.48. The third kappa shape index (κ3) is 3.71. The van der Waals surface area contributed by atoms with E-state index in [1.165, 1.54) is 18.4 Å². The summed E-state index contributed by atoms with van der Waals surface area (Å²) in [6.07, 6.45) is 3.97. The van der Waals surface area contributed by atoms with Gasteiger partial charge in [0.25, 0.3) is 0 Å². The first kappa shape index (κ1) is 15.1. The normalized spacial score (nSPS) is 26.1. The molecule has 2 fully saturated rings. The van der Waals surface area contributed by atoms with E-state index in [1.807, 2.05) is 0 Å². The van der Waals surface area contributed by atoms with Gasteiger partial charge in [0.15, 0.2) is 0 Å². The summed E-state index contributed by atoms with van der Waals surface area (Å²) in [4.78, 5) is 2.41. The van der Waals surface area contributed by atoms with E-state index < -0.39 is 0 Å². The maximum absolute atomic E-state index is 6.55. The van der Waals surface area contributed by atoms with Gasteiger partial charge in [-0.2, -0.15) is 0 Å². The van der Waals surface area contributed by atoms with E-state index in [2.05, 4.69) is 42.3 Å². The molecule has 0 bridgehead atoms. The fourth-order valence-electron chi connectivity index (χ4n) is 2.92. The van der Waals surface area contributed by atoms with Gasteiger partial charge >= 0.3 is 0 Å². The van der Waals surface area contributed by atoms with Crippen molar-refractivity contribution < 1.29 is 4.74 Å². The summed E-state index contributed by atoms with van der Waals surface area (Å²) in [6, 6.07) is 7.64. The average molecular weight is 309 g/mol. The van der Waals surface area contributed by atoms with Crippen LogP contribution in [0.2, 0.25) is 5.02 Å². The van der Waals surface area contributed by atoms with Gasteiger partial charge in [-0.05, 0) is 43.9 Å². The number of anilines is 1. The van der Waals surface area contributed by atoms with Crippen molar-refractivity contribution in [1.82, 2.24) is 5.32 Å². The molecule has 1 heterocycles. The average Bonchev–Trinajstić information content (AvgIpc) is 3.29. The fraction of sp³-hybridized carbons (Fsp3) is 0.647. The van der Waals surface area contributed by atoms with E-state index in [0.29, 0.717) is 6.04 Å². The van der Waals surface area contributed by atoms with Crippen molar-refractivity contribution in [3.05, 3.63) is 28.8 Å². The molecule has 1 saturated heterocycles. The minimum Gasteiger partial charge on any atom is -0.375 e. The van der Waals surface area contributed by atoms with Crippen molar-refractivity contribution >= 4 is 17.3 Å². The number of ether oxygens (including phenoxy) is 1. The molecule has 1 saturated carbocycles. The highest BCUT2D eigenvalue weighted by atomic mass is 35.5. The largest absolute Gasteiger partial charge is 0.375 e. The summed E-state index contributed by atoms with van der Waals surface area (Å²) in [5, 5.41) is 4.39. The summed E-state index contributed by atoms with van der Waals surface area (Å²) in [5.74, 6) is 0. The van der Waals surface area contributed by atoms with Crippen LogP contribution in [0.3, 0.4) is 0 Å². The second-order valence-electron chi connectivity index (χ2n) is 6.30. The highest BCUT2D eigenvalue weighted by Crippen LogP contribution is 2.31. The number of hydrogen-bond donors (Lipinski definition) is 1. The van der Waals surface area contributed by atoms with E-state index in [4.69, 9.17) is 16.3 Å². The maximum Gasteiger partial charge on any atom is 0.0723 e. The Morgan fingerprint density at radius 3 is 2.86 bits per heavy atom. The Hall–Kier alpha value is -0.770. The Morgan fingerprint density at radius 2 is 2.19 bits per heavy atom. The predicted molar refractivity (Wildman–Crippen MR) is 88.2 cm³/mol. The summed E-state index contributed by atoms with van der Waals surface area (Å²) in [6.45, 7) is 6.96. The summed E-state index contributed by atoms with van der Waals surface area (Å²) < 4.78 is 5.77. The Bertz CT molecular complexity index is 490. The first-order valence-corrected chi connectivity index (χ1v) is 8.45. The molecule has 1 aromatic rings. The Balaban J connectivity index is 1.73. The van der Waals surface area contributed by atoms with Crippen molar-refractivity contribution in [2.75, 3.05) is 18.1 Å². The predicted octanol–water partition coefficient (Wildman–Crippen LogP) is 3.60. The Labute approximate surface area is 132 Å². The minimum absolute atomic E-state index is 0.264. The van der Waals surface area contributed by atoms with Crippen LogP contribution in [0.5, 0.6) is 0 Å². The third-order valence-corrected chi connectivity index (χ3v) is 4.74. The number of rotatable bonds is 5. The number of hydrogen-bond acceptors (Lipinski definition) is 3. The highest BCUT2D eigenvalue weighted by molar-refractivity contribution is 6.33. The van der Waals surface area contributed by atoms with Crippen LogP contribution < -0.4 is 10.2 Å². The molecule has 1 aliphatic carbocycles. The van der Waals surface area contributed by atoms with E-state index in [1.54, 1.807) is 0 Å². The zero-order valence-electron chi connectivity index (χ0n) is 12.9. The first-order chi connectivity index (χ1) is 10.2. The number of halogens is 1. The van der Waals surface area contributed by atoms with Crippen molar-refractivity contribution in [1.29, 1.82) is 0 Å². The molecule has 2 unspecified atom stereocenters. The van der Waals surface area contributed by atoms with Gasteiger partial charge < -0.3 is 15.0 Å². The first-order valence-electron chi connectivity index (χ1n) is 8.07. The molecule has 1 aromatic carbocycles. The molecule has 1 aliphatic heterocycles. The highest BCUT2D eigenvalue weighted by Gasteiger charge is 2.27. The molecule has 0 spiro atoms. The van der Waals surface area contributed by atoms with Crippen molar-refractivity contribution in [2.45, 2.75) is 57.8 Å². The summed E-state index contributed by atoms with van der Waals surface area (Å²) in [5.41, 5.74) is 2.42. The smallest absolute Gasteiger partial charge is 0.0723 e. The lowest BCUT2D eigenvalue weighted by Gasteiger charge is -2.40. The number of nitrogens with one attached hydrogen (secondary N) is 1. The van der Waals surface area contributed by atoms with Crippen LogP contribution in [0.25, 0.3) is 0 Å². The van der Waals surface area contributed by atoms with Crippen LogP contribution in [-0.2, 0) is 11.3 Å². The van der Waals surface area contributed by atoms with Gasteiger partial charge in [-0.25, -0.2) is 0 Å². The van der Waals surface area contributed by atoms with Gasteiger partial charge in [0.1, 0.15) is 0 Å². The Kier molecular flexibility index (Phi) is 4.72. The van der Waals surface area contributed by atoms with Gasteiger partial charge in [0.05, 0.1) is 29.5 Å². The Morgan fingerprint density at radius 1 is 1.38 bits per heavy atom. The fourth-order valence-corrected chi connectivity index (χ4v) is 3.23. The topological polar surface area (TPSA) is 24.5 Å². The van der Waals surface area contributed by atoms with Crippen LogP contribution >= 0.6 is 11.6 Å². The number of benzene rings is 1. The van der Waals surface area contributed by atoms with Crippen molar-refractivity contribution in [3.63, 3.8) is 0 Å². The molecule has 0 radical (unpaired) electrons. The maximum atomic E-state index is 6.55. The molecule has 0 aromatic heterocycles. The van der Waals surface area contributed by atoms with E-state index in [0.717, 1.165) is 42.9 Å². The van der Waals surface area contributed by atoms with E-state index in [9.17, 15) is 0 Å². The molecule has 21 heavy (non-hydrogen) atoms. The second-order valence-corrected chi connectivity index (χ2v) is 6.71. The van der Waals surface area contributed by atoms with Gasteiger partial charge in [0.2, 0.25) is 0 Å². The van der Waals surface area contributed by atoms with Crippen molar-refractivity contribution in [3.8, 4) is 0 Å². The third-order valence-electron chi connectivity index (χ3n) is 4.43. The molecule has 4 heteroatoms. The molecule has 2 atom stereocenters. The molecular formula is C17H25ClN2O. The standard InChI is InChI=1S/C17H25ClN2O/c1-3-15-11-21-12(2)10-20(15)17-7-4-13(8-16(17)18)9-19-14-5-6-14/h4,7-8,12,14-15,19H,3,5-6,9-11H2,1-2H3. The lowest BCUT2D eigenvalue weighted by molar-refractivity contribution is 0.0300. The zero-order valence-corrected chi connectivity index (χ0v) is 13.7. The monoisotopic (exact) mass is 308 g/mol.